The van der Waals surface area contributed by atoms with Crippen LogP contribution in [0.3, 0.4) is 0 Å². The molecule has 90 valence electrons. The van der Waals surface area contributed by atoms with Crippen LogP contribution in [0.25, 0.3) is 10.9 Å². The molecule has 0 aliphatic carbocycles. The van der Waals surface area contributed by atoms with Gasteiger partial charge in [-0.1, -0.05) is 41.9 Å². The Morgan fingerprint density at radius 3 is 2.61 bits per heavy atom. The molecule has 3 aromatic rings. The largest absolute Gasteiger partial charge is 0.358 e. The topological polar surface area (TPSA) is 15.8 Å². The summed E-state index contributed by atoms with van der Waals surface area (Å²) in [4.78, 5) is 3.42. The molecule has 1 nitrogen and oxygen atoms in total. The minimum Gasteiger partial charge on any atom is -0.358 e. The van der Waals surface area contributed by atoms with E-state index in [1.54, 1.807) is 0 Å². The van der Waals surface area contributed by atoms with Gasteiger partial charge in [0.05, 0.1) is 0 Å². The second kappa shape index (κ2) is 4.51. The summed E-state index contributed by atoms with van der Waals surface area (Å²) in [6, 6.07) is 16.5. The number of aromatic amines is 1. The molecule has 0 saturated heterocycles. The van der Waals surface area contributed by atoms with Crippen molar-refractivity contribution in [1.29, 1.82) is 0 Å². The average molecular weight is 256 g/mol. The molecule has 2 heteroatoms. The predicted octanol–water partition coefficient (Wildman–Crippen LogP) is 4.72. The highest BCUT2D eigenvalue weighted by Gasteiger charge is 2.09. The fraction of sp³-hybridized carbons (Fsp3) is 0.125. The number of benzene rings is 2. The molecule has 0 bridgehead atoms. The molecular weight excluding hydrogens is 242 g/mol. The van der Waals surface area contributed by atoms with Crippen molar-refractivity contribution in [3.05, 3.63) is 70.4 Å². The van der Waals surface area contributed by atoms with E-state index in [2.05, 4.69) is 36.2 Å². The molecule has 1 heterocycles. The zero-order valence-corrected chi connectivity index (χ0v) is 11.0. The fourth-order valence-electron chi connectivity index (χ4n) is 2.38. The van der Waals surface area contributed by atoms with E-state index in [9.17, 15) is 0 Å². The Bertz CT molecular complexity index is 683. The van der Waals surface area contributed by atoms with Crippen molar-refractivity contribution >= 4 is 22.5 Å². The third kappa shape index (κ3) is 2.02. The maximum Gasteiger partial charge on any atom is 0.0460 e. The molecule has 1 aromatic heterocycles. The molecule has 0 saturated carbocycles. The number of hydrogen-bond acceptors (Lipinski definition) is 0. The third-order valence-electron chi connectivity index (χ3n) is 3.31. The zero-order chi connectivity index (χ0) is 12.5. The van der Waals surface area contributed by atoms with Crippen molar-refractivity contribution in [3.63, 3.8) is 0 Å². The van der Waals surface area contributed by atoms with Crippen LogP contribution >= 0.6 is 11.6 Å². The summed E-state index contributed by atoms with van der Waals surface area (Å²) >= 11 is 6.09. The van der Waals surface area contributed by atoms with Crippen LogP contribution in [0.15, 0.2) is 48.5 Å². The lowest BCUT2D eigenvalue weighted by Gasteiger charge is -2.02. The van der Waals surface area contributed by atoms with Gasteiger partial charge in [-0.05, 0) is 42.7 Å². The standard InChI is InChI=1S/C16H14ClN/c1-11-14(9-12-5-3-2-4-6-12)15-10-13(17)7-8-16(15)18-11/h2-8,10,18H,9H2,1H3. The van der Waals surface area contributed by atoms with E-state index in [1.807, 2.05) is 24.3 Å². The van der Waals surface area contributed by atoms with Crippen LogP contribution < -0.4 is 0 Å². The minimum absolute atomic E-state index is 0.788. The predicted molar refractivity (Wildman–Crippen MR) is 77.3 cm³/mol. The summed E-state index contributed by atoms with van der Waals surface area (Å²) in [6.45, 7) is 2.12. The molecule has 2 aromatic carbocycles. The lowest BCUT2D eigenvalue weighted by Crippen LogP contribution is -1.89. The first-order valence-corrected chi connectivity index (χ1v) is 6.42. The summed E-state index contributed by atoms with van der Waals surface area (Å²) < 4.78 is 0. The first-order valence-electron chi connectivity index (χ1n) is 6.04. The first-order chi connectivity index (χ1) is 8.74. The van der Waals surface area contributed by atoms with Gasteiger partial charge in [0.15, 0.2) is 0 Å². The molecular formula is C16H14ClN. The summed E-state index contributed by atoms with van der Waals surface area (Å²) in [5.74, 6) is 0. The van der Waals surface area contributed by atoms with Crippen LogP contribution in [0.1, 0.15) is 16.8 Å². The SMILES string of the molecule is Cc1[nH]c2ccc(Cl)cc2c1Cc1ccccc1. The molecule has 0 aliphatic heterocycles. The molecule has 0 atom stereocenters. The number of halogens is 1. The number of hydrogen-bond donors (Lipinski definition) is 1. The summed E-state index contributed by atoms with van der Waals surface area (Å²) in [6.07, 6.45) is 0.938. The zero-order valence-electron chi connectivity index (χ0n) is 10.2. The van der Waals surface area contributed by atoms with E-state index in [0.29, 0.717) is 0 Å². The minimum atomic E-state index is 0.788. The molecule has 0 unspecified atom stereocenters. The molecule has 0 radical (unpaired) electrons. The van der Waals surface area contributed by atoms with Crippen LogP contribution in [0, 0.1) is 6.92 Å². The Labute approximate surface area is 111 Å². The summed E-state index contributed by atoms with van der Waals surface area (Å²) in [5, 5.41) is 2.01. The van der Waals surface area contributed by atoms with E-state index in [0.717, 1.165) is 17.0 Å². The van der Waals surface area contributed by atoms with Crippen LogP contribution in [-0.4, -0.2) is 4.98 Å². The lowest BCUT2D eigenvalue weighted by molar-refractivity contribution is 1.15. The molecule has 0 fully saturated rings. The molecule has 3 rings (SSSR count). The summed E-state index contributed by atoms with van der Waals surface area (Å²) in [5.41, 5.74) is 5.03. The van der Waals surface area contributed by atoms with Gasteiger partial charge in [0.1, 0.15) is 0 Å². The summed E-state index contributed by atoms with van der Waals surface area (Å²) in [7, 11) is 0. The van der Waals surface area contributed by atoms with E-state index in [4.69, 9.17) is 11.6 Å². The Morgan fingerprint density at radius 1 is 1.06 bits per heavy atom. The Balaban J connectivity index is 2.11. The van der Waals surface area contributed by atoms with Gasteiger partial charge in [-0.3, -0.25) is 0 Å². The van der Waals surface area contributed by atoms with Gasteiger partial charge in [0, 0.05) is 21.6 Å². The maximum absolute atomic E-state index is 6.09. The van der Waals surface area contributed by atoms with E-state index >= 15 is 0 Å². The smallest absolute Gasteiger partial charge is 0.0460 e. The monoisotopic (exact) mass is 255 g/mol. The van der Waals surface area contributed by atoms with Gasteiger partial charge in [-0.15, -0.1) is 0 Å². The van der Waals surface area contributed by atoms with Crippen molar-refractivity contribution in [1.82, 2.24) is 4.98 Å². The number of nitrogens with one attached hydrogen (secondary N) is 1. The fourth-order valence-corrected chi connectivity index (χ4v) is 2.55. The molecule has 0 amide bonds. The van der Waals surface area contributed by atoms with Crippen LogP contribution in [0.4, 0.5) is 0 Å². The Hall–Kier alpha value is -1.73. The van der Waals surface area contributed by atoms with E-state index < -0.39 is 0 Å². The second-order valence-corrected chi connectivity index (χ2v) is 5.02. The number of fused-ring (bicyclic) bond motifs is 1. The van der Waals surface area contributed by atoms with Gasteiger partial charge < -0.3 is 4.98 Å². The number of aromatic nitrogens is 1. The average Bonchev–Trinajstić information content (AvgIpc) is 2.67. The molecule has 0 spiro atoms. The van der Waals surface area contributed by atoms with Crippen molar-refractivity contribution in [2.45, 2.75) is 13.3 Å². The van der Waals surface area contributed by atoms with Gasteiger partial charge in [-0.25, -0.2) is 0 Å². The lowest BCUT2D eigenvalue weighted by atomic mass is 10.0. The van der Waals surface area contributed by atoms with Crippen LogP contribution in [0.5, 0.6) is 0 Å². The van der Waals surface area contributed by atoms with Gasteiger partial charge in [0.25, 0.3) is 0 Å². The second-order valence-electron chi connectivity index (χ2n) is 4.58. The highest BCUT2D eigenvalue weighted by molar-refractivity contribution is 6.31. The highest BCUT2D eigenvalue weighted by atomic mass is 35.5. The van der Waals surface area contributed by atoms with Crippen molar-refractivity contribution in [2.24, 2.45) is 0 Å². The quantitative estimate of drug-likeness (QED) is 0.682. The first kappa shape index (κ1) is 11.4. The van der Waals surface area contributed by atoms with Gasteiger partial charge in [0.2, 0.25) is 0 Å². The maximum atomic E-state index is 6.09. The normalized spacial score (nSPS) is 11.0. The van der Waals surface area contributed by atoms with E-state index in [-0.39, 0.29) is 0 Å². The molecule has 18 heavy (non-hydrogen) atoms. The van der Waals surface area contributed by atoms with E-state index in [1.165, 1.54) is 22.2 Å². The van der Waals surface area contributed by atoms with Gasteiger partial charge >= 0.3 is 0 Å². The number of rotatable bonds is 2. The molecule has 1 N–H and O–H groups in total. The van der Waals surface area contributed by atoms with Gasteiger partial charge in [-0.2, -0.15) is 0 Å². The van der Waals surface area contributed by atoms with Crippen molar-refractivity contribution in [3.8, 4) is 0 Å². The highest BCUT2D eigenvalue weighted by Crippen LogP contribution is 2.27. The number of aryl methyl sites for hydroxylation is 1. The third-order valence-corrected chi connectivity index (χ3v) is 3.54. The van der Waals surface area contributed by atoms with Crippen molar-refractivity contribution < 1.29 is 0 Å². The van der Waals surface area contributed by atoms with Crippen LogP contribution in [-0.2, 0) is 6.42 Å². The Morgan fingerprint density at radius 2 is 1.83 bits per heavy atom. The number of H-pyrrole nitrogens is 1. The Kier molecular flexibility index (Phi) is 2.85. The van der Waals surface area contributed by atoms with Crippen LogP contribution in [0.2, 0.25) is 5.02 Å². The van der Waals surface area contributed by atoms with Crippen molar-refractivity contribution in [2.75, 3.05) is 0 Å². The molecule has 0 aliphatic rings.